The highest BCUT2D eigenvalue weighted by Gasteiger charge is 2.35. The van der Waals surface area contributed by atoms with Gasteiger partial charge in [-0.15, -0.1) is 0 Å². The van der Waals surface area contributed by atoms with Crippen LogP contribution in [0.3, 0.4) is 0 Å². The number of amides is 1. The van der Waals surface area contributed by atoms with Crippen LogP contribution < -0.4 is 0 Å². The Morgan fingerprint density at radius 3 is 2.41 bits per heavy atom. The number of hydrogen-bond donors (Lipinski definition) is 2. The Kier molecular flexibility index (Phi) is 10.1. The molecule has 2 N–H and O–H groups in total. The van der Waals surface area contributed by atoms with Crippen molar-refractivity contribution in [3.05, 3.63) is 18.2 Å². The molecule has 1 saturated carbocycles. The average Bonchev–Trinajstić information content (AvgIpc) is 3.39. The first kappa shape index (κ1) is 22.6. The van der Waals surface area contributed by atoms with Crippen LogP contribution in [0, 0.1) is 0 Å². The number of carbonyl (C=O) groups excluding carboxylic acids is 1. The van der Waals surface area contributed by atoms with Crippen LogP contribution in [0.1, 0.15) is 38.9 Å². The number of carboxylic acid groups (broad SMARTS) is 2. The summed E-state index contributed by atoms with van der Waals surface area (Å²) in [4.78, 5) is 38.1. The molecular weight excluding hydrogens is 352 g/mol. The van der Waals surface area contributed by atoms with Crippen molar-refractivity contribution in [2.24, 2.45) is 0 Å². The lowest BCUT2D eigenvalue weighted by atomic mass is 10.1. The van der Waals surface area contributed by atoms with Gasteiger partial charge in [0.25, 0.3) is 12.9 Å². The van der Waals surface area contributed by atoms with E-state index >= 15 is 0 Å². The van der Waals surface area contributed by atoms with E-state index in [0.29, 0.717) is 12.5 Å². The van der Waals surface area contributed by atoms with Gasteiger partial charge in [0.05, 0.1) is 0 Å². The lowest BCUT2D eigenvalue weighted by molar-refractivity contribution is -0.136. The van der Waals surface area contributed by atoms with Gasteiger partial charge in [-0.2, -0.15) is 0 Å². The van der Waals surface area contributed by atoms with Gasteiger partial charge in [-0.3, -0.25) is 19.3 Å². The standard InChI is InChI=1S/C16H26N4O.2CH2O2/c1-3-15-17-7-9-18(15)8-6-16(21)20-11-10-19(12-13(20)2)14-4-5-14;2*2-1-3/h7,9,13-14H,3-6,8,10-12H2,1-2H3;2*1H,(H,2,3). The molecule has 0 aromatic carbocycles. The number of hydrogen-bond acceptors (Lipinski definition) is 5. The molecule has 1 atom stereocenters. The monoisotopic (exact) mass is 382 g/mol. The highest BCUT2D eigenvalue weighted by molar-refractivity contribution is 5.76. The summed E-state index contributed by atoms with van der Waals surface area (Å²) in [5, 5.41) is 13.8. The van der Waals surface area contributed by atoms with Crippen molar-refractivity contribution < 1.29 is 24.6 Å². The molecule has 27 heavy (non-hydrogen) atoms. The third-order valence-electron chi connectivity index (χ3n) is 4.73. The van der Waals surface area contributed by atoms with Crippen LogP contribution in [0.25, 0.3) is 0 Å². The van der Waals surface area contributed by atoms with E-state index < -0.39 is 0 Å². The molecule has 1 unspecified atom stereocenters. The maximum absolute atomic E-state index is 12.5. The molecule has 2 aliphatic rings. The van der Waals surface area contributed by atoms with Crippen LogP contribution in [0.4, 0.5) is 0 Å². The van der Waals surface area contributed by atoms with Gasteiger partial charge in [0.1, 0.15) is 5.82 Å². The summed E-state index contributed by atoms with van der Waals surface area (Å²) in [6, 6.07) is 1.16. The first-order valence-corrected chi connectivity index (χ1v) is 9.21. The van der Waals surface area contributed by atoms with Crippen molar-refractivity contribution in [3.63, 3.8) is 0 Å². The largest absolute Gasteiger partial charge is 0.483 e. The number of imidazole rings is 1. The van der Waals surface area contributed by atoms with Crippen LogP contribution in [0.5, 0.6) is 0 Å². The molecule has 0 spiro atoms. The summed E-state index contributed by atoms with van der Waals surface area (Å²) in [7, 11) is 0. The van der Waals surface area contributed by atoms with Gasteiger partial charge in [-0.05, 0) is 19.8 Å². The Morgan fingerprint density at radius 1 is 1.26 bits per heavy atom. The Hall–Kier alpha value is -2.42. The molecule has 9 nitrogen and oxygen atoms in total. The predicted octanol–water partition coefficient (Wildman–Crippen LogP) is 0.932. The van der Waals surface area contributed by atoms with Gasteiger partial charge in [0.2, 0.25) is 5.91 Å². The SMILES string of the molecule is CCc1nccn1CCC(=O)N1CCN(C2CC2)CC1C.O=CO.O=CO. The van der Waals surface area contributed by atoms with Crippen molar-refractivity contribution in [3.8, 4) is 0 Å². The van der Waals surface area contributed by atoms with Crippen LogP contribution in [-0.4, -0.2) is 80.1 Å². The van der Waals surface area contributed by atoms with Gasteiger partial charge in [0.15, 0.2) is 0 Å². The zero-order valence-electron chi connectivity index (χ0n) is 16.0. The highest BCUT2D eigenvalue weighted by atomic mass is 16.3. The van der Waals surface area contributed by atoms with E-state index in [-0.39, 0.29) is 18.9 Å². The maximum Gasteiger partial charge on any atom is 0.290 e. The third kappa shape index (κ3) is 7.38. The summed E-state index contributed by atoms with van der Waals surface area (Å²) in [6.45, 7) is 7.51. The molecule has 0 radical (unpaired) electrons. The number of piperazine rings is 1. The predicted molar refractivity (Wildman–Crippen MR) is 99.4 cm³/mol. The Labute approximate surface area is 159 Å². The van der Waals surface area contributed by atoms with Crippen LogP contribution in [-0.2, 0) is 27.3 Å². The van der Waals surface area contributed by atoms with Crippen molar-refractivity contribution in [2.45, 2.75) is 58.2 Å². The van der Waals surface area contributed by atoms with E-state index in [4.69, 9.17) is 19.8 Å². The Morgan fingerprint density at radius 2 is 1.89 bits per heavy atom. The van der Waals surface area contributed by atoms with Gasteiger partial charge in [0, 0.05) is 63.5 Å². The van der Waals surface area contributed by atoms with Crippen LogP contribution >= 0.6 is 0 Å². The molecule has 1 aliphatic heterocycles. The van der Waals surface area contributed by atoms with Crippen LogP contribution in [0.2, 0.25) is 0 Å². The number of rotatable bonds is 5. The van der Waals surface area contributed by atoms with E-state index in [0.717, 1.165) is 44.5 Å². The minimum Gasteiger partial charge on any atom is -0.483 e. The summed E-state index contributed by atoms with van der Waals surface area (Å²) >= 11 is 0. The van der Waals surface area contributed by atoms with E-state index in [2.05, 4.69) is 33.2 Å². The number of aromatic nitrogens is 2. The first-order valence-electron chi connectivity index (χ1n) is 9.21. The number of aryl methyl sites for hydroxylation is 2. The molecule has 1 aliphatic carbocycles. The van der Waals surface area contributed by atoms with Crippen LogP contribution in [0.15, 0.2) is 12.4 Å². The highest BCUT2D eigenvalue weighted by Crippen LogP contribution is 2.28. The second kappa shape index (κ2) is 12.1. The topological polar surface area (TPSA) is 116 Å². The normalized spacial score (nSPS) is 19.2. The van der Waals surface area contributed by atoms with E-state index in [1.54, 1.807) is 0 Å². The smallest absolute Gasteiger partial charge is 0.290 e. The summed E-state index contributed by atoms with van der Waals surface area (Å²) in [5.74, 6) is 1.35. The fourth-order valence-corrected chi connectivity index (χ4v) is 3.35. The summed E-state index contributed by atoms with van der Waals surface area (Å²) < 4.78 is 2.10. The lowest BCUT2D eigenvalue weighted by Gasteiger charge is -2.40. The van der Waals surface area contributed by atoms with E-state index in [9.17, 15) is 4.79 Å². The van der Waals surface area contributed by atoms with Crippen molar-refractivity contribution in [1.82, 2.24) is 19.4 Å². The fourth-order valence-electron chi connectivity index (χ4n) is 3.35. The zero-order chi connectivity index (χ0) is 20.2. The van der Waals surface area contributed by atoms with Gasteiger partial charge in [-0.1, -0.05) is 6.92 Å². The molecule has 9 heteroatoms. The van der Waals surface area contributed by atoms with E-state index in [1.165, 1.54) is 12.8 Å². The van der Waals surface area contributed by atoms with Crippen molar-refractivity contribution in [2.75, 3.05) is 19.6 Å². The molecule has 1 aromatic heterocycles. The molecule has 2 fully saturated rings. The second-order valence-electron chi connectivity index (χ2n) is 6.51. The summed E-state index contributed by atoms with van der Waals surface area (Å²) in [5.41, 5.74) is 0. The average molecular weight is 382 g/mol. The molecule has 0 bridgehead atoms. The fraction of sp³-hybridized carbons (Fsp3) is 0.667. The quantitative estimate of drug-likeness (QED) is 0.728. The van der Waals surface area contributed by atoms with Gasteiger partial charge < -0.3 is 19.7 Å². The van der Waals surface area contributed by atoms with Gasteiger partial charge >= 0.3 is 0 Å². The minimum absolute atomic E-state index is 0.250. The molecule has 3 rings (SSSR count). The molecule has 1 amide bonds. The molecule has 152 valence electrons. The van der Waals surface area contributed by atoms with Gasteiger partial charge in [-0.25, -0.2) is 4.98 Å². The zero-order valence-corrected chi connectivity index (χ0v) is 16.0. The number of carbonyl (C=O) groups is 3. The van der Waals surface area contributed by atoms with Crippen molar-refractivity contribution in [1.29, 1.82) is 0 Å². The molecular formula is C18H30N4O5. The Balaban J connectivity index is 0.000000540. The minimum atomic E-state index is -0.250. The molecule has 2 heterocycles. The third-order valence-corrected chi connectivity index (χ3v) is 4.73. The molecule has 1 saturated heterocycles. The summed E-state index contributed by atoms with van der Waals surface area (Å²) in [6.07, 6.45) is 7.98. The Bertz CT molecular complexity index is 582. The maximum atomic E-state index is 12.5. The first-order chi connectivity index (χ1) is 13.0. The van der Waals surface area contributed by atoms with E-state index in [1.807, 2.05) is 12.4 Å². The van der Waals surface area contributed by atoms with Crippen molar-refractivity contribution >= 4 is 18.9 Å². The number of nitrogens with zero attached hydrogens (tertiary/aromatic N) is 4. The second-order valence-corrected chi connectivity index (χ2v) is 6.51. The lowest BCUT2D eigenvalue weighted by Crippen LogP contribution is -2.54. The molecule has 1 aromatic rings.